The van der Waals surface area contributed by atoms with Gasteiger partial charge in [0.15, 0.2) is 12.4 Å². The minimum atomic E-state index is -0.697. The molecule has 0 aliphatic heterocycles. The molecule has 0 saturated carbocycles. The molecule has 8 heteroatoms. The summed E-state index contributed by atoms with van der Waals surface area (Å²) < 4.78 is 18.1. The van der Waals surface area contributed by atoms with Crippen LogP contribution in [0.15, 0.2) is 48.5 Å². The number of carbonyl (C=O) groups is 4. The van der Waals surface area contributed by atoms with Gasteiger partial charge in [-0.25, -0.2) is 4.39 Å². The zero-order chi connectivity index (χ0) is 22.1. The number of ketones is 1. The van der Waals surface area contributed by atoms with E-state index in [2.05, 4.69) is 0 Å². The Labute approximate surface area is 173 Å². The number of aryl methyl sites for hydroxylation is 1. The van der Waals surface area contributed by atoms with Crippen molar-refractivity contribution in [2.24, 2.45) is 5.73 Å². The van der Waals surface area contributed by atoms with Crippen LogP contribution in [0, 0.1) is 12.7 Å². The van der Waals surface area contributed by atoms with E-state index in [4.69, 9.17) is 10.5 Å². The van der Waals surface area contributed by atoms with E-state index in [9.17, 15) is 23.6 Å². The van der Waals surface area contributed by atoms with Crippen molar-refractivity contribution in [2.75, 3.05) is 18.1 Å². The molecule has 7 nitrogen and oxygen atoms in total. The molecule has 0 aromatic heterocycles. The third kappa shape index (κ3) is 7.12. The van der Waals surface area contributed by atoms with Gasteiger partial charge in [0.25, 0.3) is 5.91 Å². The SMILES string of the molecule is Cc1ccc(C(=O)CCC(=O)OCC(=O)N(CCC(N)=O)c2ccc(F)cc2)cc1. The Morgan fingerprint density at radius 1 is 0.933 bits per heavy atom. The summed E-state index contributed by atoms with van der Waals surface area (Å²) >= 11 is 0. The molecule has 30 heavy (non-hydrogen) atoms. The zero-order valence-corrected chi connectivity index (χ0v) is 16.6. The summed E-state index contributed by atoms with van der Waals surface area (Å²) in [6.07, 6.45) is -0.320. The number of benzene rings is 2. The maximum absolute atomic E-state index is 13.1. The topological polar surface area (TPSA) is 107 Å². The molecule has 0 radical (unpaired) electrons. The number of hydrogen-bond donors (Lipinski definition) is 1. The van der Waals surface area contributed by atoms with Crippen molar-refractivity contribution >= 4 is 29.3 Å². The minimum Gasteiger partial charge on any atom is -0.456 e. The lowest BCUT2D eigenvalue weighted by molar-refractivity contribution is -0.147. The number of nitrogens with zero attached hydrogens (tertiary/aromatic N) is 1. The van der Waals surface area contributed by atoms with Gasteiger partial charge in [-0.05, 0) is 31.2 Å². The smallest absolute Gasteiger partial charge is 0.306 e. The monoisotopic (exact) mass is 414 g/mol. The standard InChI is InChI=1S/C22H23FN2O5/c1-15-2-4-16(5-3-15)19(26)10-11-22(29)30-14-21(28)25(13-12-20(24)27)18-8-6-17(23)7-9-18/h2-9H,10-14H2,1H3,(H2,24,27). The number of ether oxygens (including phenoxy) is 1. The lowest BCUT2D eigenvalue weighted by Crippen LogP contribution is -2.37. The van der Waals surface area contributed by atoms with Crippen molar-refractivity contribution in [3.8, 4) is 0 Å². The van der Waals surface area contributed by atoms with Gasteiger partial charge >= 0.3 is 5.97 Å². The molecule has 0 atom stereocenters. The van der Waals surface area contributed by atoms with Gasteiger partial charge in [-0.1, -0.05) is 29.8 Å². The van der Waals surface area contributed by atoms with Crippen LogP contribution in [0.1, 0.15) is 35.2 Å². The first-order valence-corrected chi connectivity index (χ1v) is 9.36. The molecule has 0 aliphatic carbocycles. The van der Waals surface area contributed by atoms with Crippen molar-refractivity contribution in [3.05, 3.63) is 65.5 Å². The second kappa shape index (κ2) is 10.8. The van der Waals surface area contributed by atoms with Gasteiger partial charge < -0.3 is 15.4 Å². The molecule has 2 aromatic carbocycles. The zero-order valence-electron chi connectivity index (χ0n) is 16.6. The van der Waals surface area contributed by atoms with Crippen LogP contribution >= 0.6 is 0 Å². The third-order valence-electron chi connectivity index (χ3n) is 4.31. The van der Waals surface area contributed by atoms with Crippen LogP contribution in [0.5, 0.6) is 0 Å². The quantitative estimate of drug-likeness (QED) is 0.475. The molecule has 0 unspecified atom stereocenters. The maximum atomic E-state index is 13.1. The summed E-state index contributed by atoms with van der Waals surface area (Å²) in [5.41, 5.74) is 6.99. The van der Waals surface area contributed by atoms with Crippen LogP contribution < -0.4 is 10.6 Å². The van der Waals surface area contributed by atoms with Crippen LogP contribution in [0.4, 0.5) is 10.1 Å². The fourth-order valence-electron chi connectivity index (χ4n) is 2.63. The van der Waals surface area contributed by atoms with Gasteiger partial charge in [0, 0.05) is 30.6 Å². The number of primary amides is 1. The number of Topliss-reactive ketones (excluding diaryl/α,β-unsaturated/α-hetero) is 1. The number of esters is 1. The molecule has 0 bridgehead atoms. The molecule has 0 fully saturated rings. The van der Waals surface area contributed by atoms with Gasteiger partial charge in [0.2, 0.25) is 5.91 Å². The Bertz CT molecular complexity index is 910. The van der Waals surface area contributed by atoms with Crippen LogP contribution in [0.3, 0.4) is 0 Å². The first kappa shape index (κ1) is 22.7. The molecule has 2 aromatic rings. The highest BCUT2D eigenvalue weighted by Crippen LogP contribution is 2.16. The van der Waals surface area contributed by atoms with Crippen molar-refractivity contribution < 1.29 is 28.3 Å². The number of halogens is 1. The highest BCUT2D eigenvalue weighted by molar-refractivity contribution is 5.98. The van der Waals surface area contributed by atoms with Gasteiger partial charge in [-0.3, -0.25) is 19.2 Å². The van der Waals surface area contributed by atoms with Crippen molar-refractivity contribution in [1.29, 1.82) is 0 Å². The number of hydrogen-bond acceptors (Lipinski definition) is 5. The molecule has 0 aliphatic rings. The normalized spacial score (nSPS) is 10.3. The molecule has 158 valence electrons. The Morgan fingerprint density at radius 3 is 2.17 bits per heavy atom. The Kier molecular flexibility index (Phi) is 8.22. The average molecular weight is 414 g/mol. The van der Waals surface area contributed by atoms with Crippen molar-refractivity contribution in [1.82, 2.24) is 0 Å². The second-order valence-corrected chi connectivity index (χ2v) is 6.69. The van der Waals surface area contributed by atoms with E-state index in [1.807, 2.05) is 6.92 Å². The van der Waals surface area contributed by atoms with E-state index in [0.29, 0.717) is 11.3 Å². The summed E-state index contributed by atoms with van der Waals surface area (Å²) in [6, 6.07) is 12.1. The highest BCUT2D eigenvalue weighted by Gasteiger charge is 2.19. The molecule has 2 amide bonds. The summed E-state index contributed by atoms with van der Waals surface area (Å²) in [7, 11) is 0. The van der Waals surface area contributed by atoms with E-state index in [1.54, 1.807) is 24.3 Å². The van der Waals surface area contributed by atoms with Gasteiger partial charge in [-0.15, -0.1) is 0 Å². The molecule has 0 heterocycles. The number of carbonyl (C=O) groups excluding carboxylic acids is 4. The number of rotatable bonds is 10. The summed E-state index contributed by atoms with van der Waals surface area (Å²) in [6.45, 7) is 1.29. The number of amides is 2. The molecular weight excluding hydrogens is 391 g/mol. The average Bonchev–Trinajstić information content (AvgIpc) is 2.72. The van der Waals surface area contributed by atoms with Crippen LogP contribution in [-0.2, 0) is 19.1 Å². The fourth-order valence-corrected chi connectivity index (χ4v) is 2.63. The van der Waals surface area contributed by atoms with Crippen LogP contribution in [-0.4, -0.2) is 36.7 Å². The third-order valence-corrected chi connectivity index (χ3v) is 4.31. The first-order valence-electron chi connectivity index (χ1n) is 9.36. The maximum Gasteiger partial charge on any atom is 0.306 e. The van der Waals surface area contributed by atoms with Gasteiger partial charge in [-0.2, -0.15) is 0 Å². The summed E-state index contributed by atoms with van der Waals surface area (Å²) in [5, 5.41) is 0. The van der Waals surface area contributed by atoms with E-state index in [-0.39, 0.29) is 31.6 Å². The van der Waals surface area contributed by atoms with E-state index in [1.165, 1.54) is 29.2 Å². The first-order chi connectivity index (χ1) is 14.3. The molecular formula is C22H23FN2O5. The van der Waals surface area contributed by atoms with E-state index < -0.39 is 30.2 Å². The van der Waals surface area contributed by atoms with E-state index >= 15 is 0 Å². The minimum absolute atomic E-state index is 0.0384. The fraction of sp³-hybridized carbons (Fsp3) is 0.273. The second-order valence-electron chi connectivity index (χ2n) is 6.69. The summed E-state index contributed by atoms with van der Waals surface area (Å²) in [4.78, 5) is 48.8. The predicted molar refractivity (Wildman–Crippen MR) is 108 cm³/mol. The predicted octanol–water partition coefficient (Wildman–Crippen LogP) is 2.55. The van der Waals surface area contributed by atoms with Crippen LogP contribution in [0.2, 0.25) is 0 Å². The molecule has 0 saturated heterocycles. The van der Waals surface area contributed by atoms with Gasteiger partial charge in [0.05, 0.1) is 6.42 Å². The Balaban J connectivity index is 1.89. The summed E-state index contributed by atoms with van der Waals surface area (Å²) in [5.74, 6) is -2.58. The molecule has 2 rings (SSSR count). The lowest BCUT2D eigenvalue weighted by atomic mass is 10.1. The molecule has 0 spiro atoms. The Hall–Kier alpha value is -3.55. The van der Waals surface area contributed by atoms with Crippen molar-refractivity contribution in [3.63, 3.8) is 0 Å². The highest BCUT2D eigenvalue weighted by atomic mass is 19.1. The van der Waals surface area contributed by atoms with E-state index in [0.717, 1.165) is 5.56 Å². The lowest BCUT2D eigenvalue weighted by Gasteiger charge is -2.22. The van der Waals surface area contributed by atoms with Gasteiger partial charge in [0.1, 0.15) is 5.82 Å². The number of nitrogens with two attached hydrogens (primary N) is 1. The Morgan fingerprint density at radius 2 is 1.57 bits per heavy atom. The van der Waals surface area contributed by atoms with Crippen LogP contribution in [0.25, 0.3) is 0 Å². The van der Waals surface area contributed by atoms with Crippen molar-refractivity contribution in [2.45, 2.75) is 26.2 Å². The largest absolute Gasteiger partial charge is 0.456 e. The number of anilines is 1. The molecule has 2 N–H and O–H groups in total.